The van der Waals surface area contributed by atoms with Gasteiger partial charge >= 0.3 is 24.7 Å². The van der Waals surface area contributed by atoms with Crippen LogP contribution in [0.5, 0.6) is 5.75 Å². The van der Waals surface area contributed by atoms with E-state index in [1.54, 1.807) is 31.2 Å². The summed E-state index contributed by atoms with van der Waals surface area (Å²) >= 11 is 0.587. The summed E-state index contributed by atoms with van der Waals surface area (Å²) in [5.41, 5.74) is 0.0193. The Morgan fingerprint density at radius 3 is 2.22 bits per heavy atom. The Labute approximate surface area is 280 Å². The summed E-state index contributed by atoms with van der Waals surface area (Å²) in [5, 5.41) is 5.11. The van der Waals surface area contributed by atoms with Crippen LogP contribution in [-0.2, 0) is 17.1 Å². The summed E-state index contributed by atoms with van der Waals surface area (Å²) in [6.45, 7) is 1.69. The third kappa shape index (κ3) is 8.36. The molecular formula is C30H22F9N7O3S. The van der Waals surface area contributed by atoms with E-state index in [0.29, 0.717) is 39.3 Å². The number of anilines is 1. The van der Waals surface area contributed by atoms with Crippen LogP contribution in [0.15, 0.2) is 78.0 Å². The van der Waals surface area contributed by atoms with E-state index in [9.17, 15) is 49.1 Å². The van der Waals surface area contributed by atoms with Gasteiger partial charge in [-0.05, 0) is 55.0 Å². The fourth-order valence-corrected chi connectivity index (χ4v) is 5.49. The first kappa shape index (κ1) is 36.2. The average molecular weight is 732 g/mol. The van der Waals surface area contributed by atoms with Gasteiger partial charge in [0.15, 0.2) is 11.0 Å². The zero-order valence-corrected chi connectivity index (χ0v) is 26.2. The molecular weight excluding hydrogens is 709 g/mol. The second kappa shape index (κ2) is 13.7. The molecule has 1 aliphatic rings. The predicted octanol–water partition coefficient (Wildman–Crippen LogP) is 7.62. The number of halogens is 9. The van der Waals surface area contributed by atoms with E-state index in [1.165, 1.54) is 35.2 Å². The van der Waals surface area contributed by atoms with E-state index in [2.05, 4.69) is 25.2 Å². The molecule has 0 aliphatic carbocycles. The van der Waals surface area contributed by atoms with Gasteiger partial charge in [-0.25, -0.2) is 19.5 Å². The monoisotopic (exact) mass is 731 g/mol. The second-order valence-corrected chi connectivity index (χ2v) is 11.5. The minimum atomic E-state index is -5.12. The van der Waals surface area contributed by atoms with E-state index in [1.807, 2.05) is 0 Å². The lowest BCUT2D eigenvalue weighted by atomic mass is 10.1. The molecule has 5 rings (SSSR count). The first-order valence-corrected chi connectivity index (χ1v) is 15.0. The zero-order valence-electron chi connectivity index (χ0n) is 25.4. The molecule has 1 N–H and O–H groups in total. The van der Waals surface area contributed by atoms with Gasteiger partial charge in [0.25, 0.3) is 0 Å². The number of nitrogens with one attached hydrogen (secondary N) is 1. The quantitative estimate of drug-likeness (QED) is 0.154. The van der Waals surface area contributed by atoms with Gasteiger partial charge in [-0.2, -0.15) is 31.3 Å². The summed E-state index contributed by atoms with van der Waals surface area (Å²) in [7, 11) is 1.46. The molecule has 10 nitrogen and oxygen atoms in total. The second-order valence-electron chi connectivity index (χ2n) is 10.5. The van der Waals surface area contributed by atoms with Gasteiger partial charge < -0.3 is 4.74 Å². The highest BCUT2D eigenvalue weighted by Gasteiger charge is 2.42. The number of aliphatic imine (C=N–C) groups is 1. The summed E-state index contributed by atoms with van der Waals surface area (Å²) in [6.07, 6.45) is -13.6. The number of carbonyl (C=O) groups is 2. The van der Waals surface area contributed by atoms with Crippen LogP contribution in [0.1, 0.15) is 29.7 Å². The van der Waals surface area contributed by atoms with Gasteiger partial charge in [0.2, 0.25) is 5.91 Å². The Hall–Kier alpha value is -5.11. The van der Waals surface area contributed by atoms with E-state index >= 15 is 0 Å². The molecule has 264 valence electrons. The molecule has 1 unspecified atom stereocenters. The van der Waals surface area contributed by atoms with Crippen molar-refractivity contribution in [3.05, 3.63) is 89.7 Å². The molecule has 0 saturated carbocycles. The van der Waals surface area contributed by atoms with Crippen molar-refractivity contribution in [1.29, 1.82) is 0 Å². The van der Waals surface area contributed by atoms with Crippen molar-refractivity contribution in [2.75, 3.05) is 17.7 Å². The third-order valence-corrected chi connectivity index (χ3v) is 8.09. The SMILES string of the molecule is CC(c1ccc(-c2ncn(-c3ccc(OC(F)(F)F)cc3)n2)cc1)N(C)NC(=O)/N=C1\SCC(=O)N1c1cc(C(F)(F)F)ccc1C(F)(F)F. The number of hydrogen-bond acceptors (Lipinski definition) is 7. The zero-order chi connectivity index (χ0) is 36.6. The van der Waals surface area contributed by atoms with Gasteiger partial charge in [0.1, 0.15) is 12.1 Å². The summed E-state index contributed by atoms with van der Waals surface area (Å²) in [5.74, 6) is -1.57. The maximum atomic E-state index is 13.7. The van der Waals surface area contributed by atoms with Crippen LogP contribution in [0.2, 0.25) is 0 Å². The molecule has 50 heavy (non-hydrogen) atoms. The molecule has 2 heterocycles. The summed E-state index contributed by atoms with van der Waals surface area (Å²) in [4.78, 5) is 33.6. The standard InChI is InChI=1S/C30H22F9N7O3S/c1-16(17-3-5-18(6-4-17)25-40-15-45(42-25)20-8-10-21(11-9-20)49-30(37,38)39)44(2)43-26(48)41-27-46(24(47)14-50-27)23-13-19(28(31,32)33)7-12-22(23)29(34,35)36/h3-13,15-16H,14H2,1-2H3,(H,43,48)/b41-27-. The maximum Gasteiger partial charge on any atom is 0.573 e. The highest BCUT2D eigenvalue weighted by Crippen LogP contribution is 2.42. The average Bonchev–Trinajstić information content (AvgIpc) is 3.66. The number of amidine groups is 1. The van der Waals surface area contributed by atoms with Gasteiger partial charge in [-0.1, -0.05) is 36.0 Å². The molecule has 3 amide bonds. The Kier molecular flexibility index (Phi) is 9.88. The molecule has 1 aromatic heterocycles. The van der Waals surface area contributed by atoms with E-state index in [-0.39, 0.29) is 18.2 Å². The van der Waals surface area contributed by atoms with Crippen LogP contribution in [0.4, 0.5) is 50.0 Å². The molecule has 20 heteroatoms. The fourth-order valence-electron chi connectivity index (χ4n) is 4.63. The fraction of sp³-hybridized carbons (Fsp3) is 0.233. The normalized spacial score (nSPS) is 15.6. The number of alkyl halides is 9. The van der Waals surface area contributed by atoms with Crippen molar-refractivity contribution in [2.45, 2.75) is 31.7 Å². The lowest BCUT2D eigenvalue weighted by Crippen LogP contribution is -2.40. The Morgan fingerprint density at radius 2 is 1.62 bits per heavy atom. The first-order valence-electron chi connectivity index (χ1n) is 14.0. The number of benzene rings is 3. The topological polar surface area (TPSA) is 105 Å². The largest absolute Gasteiger partial charge is 0.573 e. The van der Waals surface area contributed by atoms with Crippen molar-refractivity contribution in [3.8, 4) is 22.8 Å². The van der Waals surface area contributed by atoms with Crippen LogP contribution >= 0.6 is 11.8 Å². The number of carbonyl (C=O) groups excluding carboxylic acids is 2. The molecule has 1 aliphatic heterocycles. The minimum Gasteiger partial charge on any atom is -0.406 e. The van der Waals surface area contributed by atoms with Crippen LogP contribution < -0.4 is 15.1 Å². The van der Waals surface area contributed by atoms with Gasteiger partial charge in [0.05, 0.1) is 34.3 Å². The van der Waals surface area contributed by atoms with Gasteiger partial charge in [0, 0.05) is 12.6 Å². The summed E-state index contributed by atoms with van der Waals surface area (Å²) < 4.78 is 124. The number of urea groups is 1. The molecule has 1 atom stereocenters. The Morgan fingerprint density at radius 1 is 0.960 bits per heavy atom. The predicted molar refractivity (Wildman–Crippen MR) is 162 cm³/mol. The Bertz CT molecular complexity index is 1910. The number of hydrogen-bond donors (Lipinski definition) is 1. The first-order chi connectivity index (χ1) is 23.3. The highest BCUT2D eigenvalue weighted by atomic mass is 32.2. The number of amides is 3. The smallest absolute Gasteiger partial charge is 0.406 e. The van der Waals surface area contributed by atoms with E-state index in [4.69, 9.17) is 0 Å². The molecule has 0 bridgehead atoms. The number of rotatable bonds is 7. The molecule has 1 saturated heterocycles. The number of thioether (sulfide) groups is 1. The van der Waals surface area contributed by atoms with E-state index in [0.717, 1.165) is 12.1 Å². The van der Waals surface area contributed by atoms with Crippen molar-refractivity contribution >= 4 is 34.6 Å². The van der Waals surface area contributed by atoms with Gasteiger partial charge in [-0.3, -0.25) is 15.1 Å². The van der Waals surface area contributed by atoms with Gasteiger partial charge in [-0.15, -0.1) is 18.3 Å². The number of ether oxygens (including phenoxy) is 1. The maximum absolute atomic E-state index is 13.7. The lowest BCUT2D eigenvalue weighted by molar-refractivity contribution is -0.274. The number of aromatic nitrogens is 3. The van der Waals surface area contributed by atoms with Crippen molar-refractivity contribution in [2.24, 2.45) is 4.99 Å². The van der Waals surface area contributed by atoms with E-state index < -0.39 is 70.2 Å². The minimum absolute atomic E-state index is 0.187. The van der Waals surface area contributed by atoms with Crippen LogP contribution in [-0.4, -0.2) is 56.0 Å². The van der Waals surface area contributed by atoms with Crippen molar-refractivity contribution < 1.29 is 53.8 Å². The Balaban J connectivity index is 1.27. The lowest BCUT2D eigenvalue weighted by Gasteiger charge is -2.25. The molecule has 0 spiro atoms. The molecule has 3 aromatic carbocycles. The summed E-state index contributed by atoms with van der Waals surface area (Å²) in [6, 6.07) is 10.7. The number of nitrogens with zero attached hydrogens (tertiary/aromatic N) is 6. The number of hydrazine groups is 1. The van der Waals surface area contributed by atoms with Crippen LogP contribution in [0.3, 0.4) is 0 Å². The highest BCUT2D eigenvalue weighted by molar-refractivity contribution is 8.15. The van der Waals surface area contributed by atoms with Crippen molar-refractivity contribution in [1.82, 2.24) is 25.2 Å². The third-order valence-electron chi connectivity index (χ3n) is 7.16. The molecule has 1 fully saturated rings. The molecule has 4 aromatic rings. The van der Waals surface area contributed by atoms with Crippen molar-refractivity contribution in [3.63, 3.8) is 0 Å². The van der Waals surface area contributed by atoms with Crippen LogP contribution in [0, 0.1) is 0 Å². The van der Waals surface area contributed by atoms with Crippen LogP contribution in [0.25, 0.3) is 17.1 Å². The molecule has 0 radical (unpaired) electrons.